The topological polar surface area (TPSA) is 91.6 Å². The second kappa shape index (κ2) is 8.31. The molecule has 7 heteroatoms. The SMILES string of the molecule is O=C(NCc1ccc(C(O)c2ccco2)s1)C(=O)NC1CCCCC1. The van der Waals surface area contributed by atoms with Crippen molar-refractivity contribution >= 4 is 23.2 Å². The average Bonchev–Trinajstić information content (AvgIpc) is 3.32. The number of nitrogens with one attached hydrogen (secondary N) is 2. The van der Waals surface area contributed by atoms with Gasteiger partial charge in [0.15, 0.2) is 0 Å². The molecule has 1 saturated carbocycles. The molecule has 1 aliphatic rings. The molecular weight excluding hydrogens is 340 g/mol. The zero-order valence-electron chi connectivity index (χ0n) is 13.9. The maximum atomic E-state index is 11.9. The van der Waals surface area contributed by atoms with E-state index < -0.39 is 17.9 Å². The normalized spacial score (nSPS) is 16.4. The van der Waals surface area contributed by atoms with E-state index in [1.165, 1.54) is 24.0 Å². The largest absolute Gasteiger partial charge is 0.466 e. The van der Waals surface area contributed by atoms with Crippen molar-refractivity contribution in [2.24, 2.45) is 0 Å². The molecule has 1 unspecified atom stereocenters. The first-order chi connectivity index (χ1) is 12.1. The smallest absolute Gasteiger partial charge is 0.309 e. The number of rotatable bonds is 5. The van der Waals surface area contributed by atoms with Gasteiger partial charge in [-0.15, -0.1) is 11.3 Å². The quantitative estimate of drug-likeness (QED) is 0.713. The fourth-order valence-corrected chi connectivity index (χ4v) is 3.92. The highest BCUT2D eigenvalue weighted by atomic mass is 32.1. The second-order valence-electron chi connectivity index (χ2n) is 6.21. The summed E-state index contributed by atoms with van der Waals surface area (Å²) in [7, 11) is 0. The summed E-state index contributed by atoms with van der Waals surface area (Å²) >= 11 is 1.37. The van der Waals surface area contributed by atoms with Crippen LogP contribution in [0.25, 0.3) is 0 Å². The van der Waals surface area contributed by atoms with Gasteiger partial charge in [0.25, 0.3) is 0 Å². The molecule has 3 rings (SSSR count). The van der Waals surface area contributed by atoms with Gasteiger partial charge in [0.05, 0.1) is 12.8 Å². The number of hydrogen-bond acceptors (Lipinski definition) is 5. The molecule has 25 heavy (non-hydrogen) atoms. The Balaban J connectivity index is 1.48. The number of aliphatic hydroxyl groups excluding tert-OH is 1. The van der Waals surface area contributed by atoms with E-state index in [9.17, 15) is 14.7 Å². The van der Waals surface area contributed by atoms with Gasteiger partial charge in [-0.05, 0) is 37.1 Å². The van der Waals surface area contributed by atoms with Gasteiger partial charge in [-0.1, -0.05) is 19.3 Å². The van der Waals surface area contributed by atoms with Crippen molar-refractivity contribution in [3.05, 3.63) is 46.0 Å². The van der Waals surface area contributed by atoms with Crippen LogP contribution in [-0.2, 0) is 16.1 Å². The maximum absolute atomic E-state index is 11.9. The van der Waals surface area contributed by atoms with Crippen molar-refractivity contribution in [2.45, 2.75) is 50.8 Å². The van der Waals surface area contributed by atoms with Crippen molar-refractivity contribution in [2.75, 3.05) is 0 Å². The van der Waals surface area contributed by atoms with Crippen LogP contribution in [0.3, 0.4) is 0 Å². The van der Waals surface area contributed by atoms with E-state index in [0.29, 0.717) is 5.76 Å². The summed E-state index contributed by atoms with van der Waals surface area (Å²) in [5.74, 6) is -0.712. The Kier molecular flexibility index (Phi) is 5.88. The summed E-state index contributed by atoms with van der Waals surface area (Å²) in [4.78, 5) is 25.5. The van der Waals surface area contributed by atoms with Crippen LogP contribution in [0.4, 0.5) is 0 Å². The third-order valence-electron chi connectivity index (χ3n) is 4.33. The van der Waals surface area contributed by atoms with Crippen LogP contribution in [0, 0.1) is 0 Å². The van der Waals surface area contributed by atoms with Gasteiger partial charge in [-0.25, -0.2) is 0 Å². The van der Waals surface area contributed by atoms with Gasteiger partial charge in [0.1, 0.15) is 11.9 Å². The number of amides is 2. The average molecular weight is 362 g/mol. The van der Waals surface area contributed by atoms with Gasteiger partial charge in [-0.3, -0.25) is 9.59 Å². The van der Waals surface area contributed by atoms with E-state index in [1.54, 1.807) is 18.2 Å². The Morgan fingerprint density at radius 3 is 2.72 bits per heavy atom. The lowest BCUT2D eigenvalue weighted by molar-refractivity contribution is -0.139. The first kappa shape index (κ1) is 17.7. The van der Waals surface area contributed by atoms with Crippen molar-refractivity contribution in [1.29, 1.82) is 0 Å². The van der Waals surface area contributed by atoms with E-state index in [0.717, 1.165) is 35.4 Å². The molecule has 2 aromatic heterocycles. The molecule has 0 spiro atoms. The lowest BCUT2D eigenvalue weighted by Crippen LogP contribution is -2.44. The van der Waals surface area contributed by atoms with E-state index in [1.807, 2.05) is 6.07 Å². The lowest BCUT2D eigenvalue weighted by Gasteiger charge is -2.22. The van der Waals surface area contributed by atoms with Crippen molar-refractivity contribution in [1.82, 2.24) is 10.6 Å². The van der Waals surface area contributed by atoms with E-state index in [2.05, 4.69) is 10.6 Å². The molecule has 0 bridgehead atoms. The summed E-state index contributed by atoms with van der Waals surface area (Å²) < 4.78 is 5.19. The molecule has 6 nitrogen and oxygen atoms in total. The summed E-state index contributed by atoms with van der Waals surface area (Å²) in [5.41, 5.74) is 0. The van der Waals surface area contributed by atoms with Gasteiger partial charge in [0.2, 0.25) is 0 Å². The van der Waals surface area contributed by atoms with Crippen LogP contribution >= 0.6 is 11.3 Å². The first-order valence-electron chi connectivity index (χ1n) is 8.52. The van der Waals surface area contributed by atoms with Crippen LogP contribution < -0.4 is 10.6 Å². The molecule has 1 fully saturated rings. The van der Waals surface area contributed by atoms with Gasteiger partial charge >= 0.3 is 11.8 Å². The van der Waals surface area contributed by atoms with Crippen LogP contribution in [0.1, 0.15) is 53.7 Å². The predicted molar refractivity (Wildman–Crippen MR) is 94.0 cm³/mol. The number of carbonyl (C=O) groups excluding carboxylic acids is 2. The maximum Gasteiger partial charge on any atom is 0.309 e. The third-order valence-corrected chi connectivity index (χ3v) is 5.47. The molecule has 2 heterocycles. The van der Waals surface area contributed by atoms with Crippen molar-refractivity contribution in [3.63, 3.8) is 0 Å². The van der Waals surface area contributed by atoms with Gasteiger partial charge in [-0.2, -0.15) is 0 Å². The van der Waals surface area contributed by atoms with Crippen molar-refractivity contribution in [3.8, 4) is 0 Å². The monoisotopic (exact) mass is 362 g/mol. The summed E-state index contributed by atoms with van der Waals surface area (Å²) in [6.07, 6.45) is 5.97. The number of furan rings is 1. The van der Waals surface area contributed by atoms with Crippen LogP contribution in [0.5, 0.6) is 0 Å². The van der Waals surface area contributed by atoms with Crippen LogP contribution in [0.2, 0.25) is 0 Å². The fraction of sp³-hybridized carbons (Fsp3) is 0.444. The molecule has 2 aromatic rings. The Morgan fingerprint density at radius 2 is 2.00 bits per heavy atom. The molecule has 0 saturated heterocycles. The number of carbonyl (C=O) groups is 2. The number of hydrogen-bond donors (Lipinski definition) is 3. The Labute approximate surface area is 150 Å². The molecule has 0 aliphatic heterocycles. The Morgan fingerprint density at radius 1 is 1.20 bits per heavy atom. The second-order valence-corrected chi connectivity index (χ2v) is 7.41. The summed E-state index contributed by atoms with van der Waals surface area (Å²) in [5, 5.41) is 15.6. The first-order valence-corrected chi connectivity index (χ1v) is 9.34. The molecule has 3 N–H and O–H groups in total. The summed E-state index contributed by atoms with van der Waals surface area (Å²) in [6.45, 7) is 0.256. The molecule has 0 aromatic carbocycles. The highest BCUT2D eigenvalue weighted by Crippen LogP contribution is 2.28. The molecule has 2 amide bonds. The highest BCUT2D eigenvalue weighted by molar-refractivity contribution is 7.12. The molecular formula is C18H22N2O4S. The zero-order chi connectivity index (χ0) is 17.6. The Hall–Kier alpha value is -2.12. The van der Waals surface area contributed by atoms with Crippen molar-refractivity contribution < 1.29 is 19.1 Å². The van der Waals surface area contributed by atoms with E-state index >= 15 is 0 Å². The predicted octanol–water partition coefficient (Wildman–Crippen LogP) is 2.49. The van der Waals surface area contributed by atoms with Crippen LogP contribution in [0.15, 0.2) is 34.9 Å². The van der Waals surface area contributed by atoms with E-state index in [4.69, 9.17) is 4.42 Å². The zero-order valence-corrected chi connectivity index (χ0v) is 14.7. The minimum absolute atomic E-state index is 0.115. The minimum Gasteiger partial charge on any atom is -0.466 e. The summed E-state index contributed by atoms with van der Waals surface area (Å²) in [6, 6.07) is 7.16. The number of aliphatic hydroxyl groups is 1. The molecule has 0 radical (unpaired) electrons. The standard InChI is InChI=1S/C18H22N2O4S/c21-16(14-7-4-10-24-14)15-9-8-13(25-15)11-19-17(22)18(23)20-12-5-2-1-3-6-12/h4,7-10,12,16,21H,1-3,5-6,11H2,(H,19,22)(H,20,23). The van der Waals surface area contributed by atoms with Crippen LogP contribution in [-0.4, -0.2) is 23.0 Å². The van der Waals surface area contributed by atoms with E-state index in [-0.39, 0.29) is 12.6 Å². The molecule has 1 atom stereocenters. The highest BCUT2D eigenvalue weighted by Gasteiger charge is 2.20. The third kappa shape index (κ3) is 4.70. The van der Waals surface area contributed by atoms with Gasteiger partial charge in [0, 0.05) is 15.8 Å². The molecule has 1 aliphatic carbocycles. The number of thiophene rings is 1. The molecule has 134 valence electrons. The lowest BCUT2D eigenvalue weighted by atomic mass is 9.95. The Bertz CT molecular complexity index is 704. The minimum atomic E-state index is -0.820. The fourth-order valence-electron chi connectivity index (χ4n) is 2.97. The van der Waals surface area contributed by atoms with Gasteiger partial charge < -0.3 is 20.2 Å².